The minimum Gasteiger partial charge on any atom is -0.370 e. The average Bonchev–Trinajstić information content (AvgIpc) is 2.98. The molecule has 1 aliphatic heterocycles. The second-order valence-electron chi connectivity index (χ2n) is 5.21. The highest BCUT2D eigenvalue weighted by atomic mass is 32.2. The molecule has 0 unspecified atom stereocenters. The number of hydrogen-bond acceptors (Lipinski definition) is 5. The number of rotatable bonds is 8. The van der Waals surface area contributed by atoms with Crippen LogP contribution in [-0.4, -0.2) is 51.0 Å². The van der Waals surface area contributed by atoms with Gasteiger partial charge in [0.15, 0.2) is 0 Å². The van der Waals surface area contributed by atoms with Gasteiger partial charge in [-0.25, -0.2) is 18.1 Å². The van der Waals surface area contributed by atoms with Crippen LogP contribution in [0.15, 0.2) is 23.2 Å². The van der Waals surface area contributed by atoms with Crippen molar-refractivity contribution in [1.29, 1.82) is 0 Å². The summed E-state index contributed by atoms with van der Waals surface area (Å²) in [6.45, 7) is 6.37. The van der Waals surface area contributed by atoms with Gasteiger partial charge >= 0.3 is 0 Å². The van der Waals surface area contributed by atoms with Crippen molar-refractivity contribution >= 4 is 15.8 Å². The van der Waals surface area contributed by atoms with Gasteiger partial charge in [-0.15, -0.1) is 0 Å². The lowest BCUT2D eigenvalue weighted by molar-refractivity contribution is 0.334. The summed E-state index contributed by atoms with van der Waals surface area (Å²) in [5.74, 6) is 0.581. The van der Waals surface area contributed by atoms with Crippen molar-refractivity contribution in [3.63, 3.8) is 0 Å². The van der Waals surface area contributed by atoms with Crippen LogP contribution in [0.5, 0.6) is 0 Å². The van der Waals surface area contributed by atoms with Crippen LogP contribution in [0.1, 0.15) is 26.2 Å². The van der Waals surface area contributed by atoms with E-state index in [1.165, 1.54) is 25.1 Å². The number of nitrogens with zero attached hydrogens (tertiary/aromatic N) is 2. The Morgan fingerprint density at radius 3 is 2.81 bits per heavy atom. The van der Waals surface area contributed by atoms with Gasteiger partial charge in [-0.05, 0) is 51.9 Å². The minimum atomic E-state index is -3.45. The maximum Gasteiger partial charge on any atom is 0.240 e. The molecule has 118 valence electrons. The third kappa shape index (κ3) is 4.94. The summed E-state index contributed by atoms with van der Waals surface area (Å²) in [5.41, 5.74) is 0. The van der Waals surface area contributed by atoms with E-state index in [4.69, 9.17) is 0 Å². The third-order valence-electron chi connectivity index (χ3n) is 3.54. The van der Waals surface area contributed by atoms with E-state index in [1.54, 1.807) is 6.07 Å². The van der Waals surface area contributed by atoms with Crippen LogP contribution in [0.25, 0.3) is 0 Å². The molecule has 1 aromatic rings. The SMILES string of the molecule is CCNc1cc(S(=O)(=O)NCCCN2CCCC2)ccn1. The van der Waals surface area contributed by atoms with E-state index in [1.807, 2.05) is 6.92 Å². The van der Waals surface area contributed by atoms with E-state index in [9.17, 15) is 8.42 Å². The number of likely N-dealkylation sites (tertiary alicyclic amines) is 1. The molecule has 1 aromatic heterocycles. The van der Waals surface area contributed by atoms with Crippen LogP contribution >= 0.6 is 0 Å². The van der Waals surface area contributed by atoms with Crippen LogP contribution in [0.4, 0.5) is 5.82 Å². The normalized spacial score (nSPS) is 16.2. The third-order valence-corrected chi connectivity index (χ3v) is 5.00. The molecule has 2 rings (SSSR count). The number of hydrogen-bond donors (Lipinski definition) is 2. The first kappa shape index (κ1) is 16.2. The molecule has 7 heteroatoms. The summed E-state index contributed by atoms with van der Waals surface area (Å²) in [7, 11) is -3.45. The number of nitrogens with one attached hydrogen (secondary N) is 2. The van der Waals surface area contributed by atoms with Crippen LogP contribution < -0.4 is 10.0 Å². The Morgan fingerprint density at radius 2 is 2.10 bits per heavy atom. The maximum absolute atomic E-state index is 12.2. The van der Waals surface area contributed by atoms with Gasteiger partial charge in [-0.3, -0.25) is 0 Å². The molecule has 2 N–H and O–H groups in total. The molecule has 21 heavy (non-hydrogen) atoms. The highest BCUT2D eigenvalue weighted by molar-refractivity contribution is 7.89. The molecule has 2 heterocycles. The molecule has 0 atom stereocenters. The van der Waals surface area contributed by atoms with Crippen molar-refractivity contribution in [2.75, 3.05) is 38.0 Å². The van der Waals surface area contributed by atoms with Crippen LogP contribution in [0.3, 0.4) is 0 Å². The van der Waals surface area contributed by atoms with E-state index in [-0.39, 0.29) is 4.90 Å². The minimum absolute atomic E-state index is 0.259. The first-order valence-electron chi connectivity index (χ1n) is 7.54. The van der Waals surface area contributed by atoms with Gasteiger partial charge in [0.25, 0.3) is 0 Å². The van der Waals surface area contributed by atoms with Gasteiger partial charge < -0.3 is 10.2 Å². The molecule has 0 amide bonds. The summed E-state index contributed by atoms with van der Waals surface area (Å²) in [4.78, 5) is 6.72. The van der Waals surface area contributed by atoms with E-state index in [0.29, 0.717) is 18.9 Å². The molecule has 0 saturated carbocycles. The Hall–Kier alpha value is -1.18. The monoisotopic (exact) mass is 312 g/mol. The molecular formula is C14H24N4O2S. The first-order chi connectivity index (χ1) is 10.1. The largest absolute Gasteiger partial charge is 0.370 e. The van der Waals surface area contributed by atoms with Crippen molar-refractivity contribution in [3.8, 4) is 0 Å². The van der Waals surface area contributed by atoms with Crippen molar-refractivity contribution in [3.05, 3.63) is 18.3 Å². The zero-order valence-electron chi connectivity index (χ0n) is 12.5. The molecule has 0 bridgehead atoms. The summed E-state index contributed by atoms with van der Waals surface area (Å²) in [5, 5.41) is 3.01. The number of aromatic nitrogens is 1. The average molecular weight is 312 g/mol. The quantitative estimate of drug-likeness (QED) is 0.707. The van der Waals surface area contributed by atoms with E-state index >= 15 is 0 Å². The Morgan fingerprint density at radius 1 is 1.33 bits per heavy atom. The Kier molecular flexibility index (Phi) is 5.96. The topological polar surface area (TPSA) is 74.3 Å². The van der Waals surface area contributed by atoms with E-state index in [2.05, 4.69) is 19.9 Å². The second-order valence-corrected chi connectivity index (χ2v) is 6.97. The molecule has 0 aliphatic carbocycles. The highest BCUT2D eigenvalue weighted by Crippen LogP contribution is 2.12. The van der Waals surface area contributed by atoms with Crippen molar-refractivity contribution in [1.82, 2.24) is 14.6 Å². The van der Waals surface area contributed by atoms with Gasteiger partial charge in [0, 0.05) is 25.4 Å². The molecule has 1 saturated heterocycles. The van der Waals surface area contributed by atoms with Crippen molar-refractivity contribution in [2.45, 2.75) is 31.1 Å². The standard InChI is InChI=1S/C14H24N4O2S/c1-2-15-14-12-13(6-8-16-14)21(19,20)17-7-5-11-18-9-3-4-10-18/h6,8,12,17H,2-5,7,9-11H2,1H3,(H,15,16). The molecule has 1 fully saturated rings. The zero-order chi connectivity index (χ0) is 15.1. The lowest BCUT2D eigenvalue weighted by Gasteiger charge is -2.14. The van der Waals surface area contributed by atoms with Gasteiger partial charge in [-0.2, -0.15) is 0 Å². The molecule has 6 nitrogen and oxygen atoms in total. The summed E-state index contributed by atoms with van der Waals surface area (Å²) in [6.07, 6.45) is 4.87. The summed E-state index contributed by atoms with van der Waals surface area (Å²) >= 11 is 0. The van der Waals surface area contributed by atoms with Crippen LogP contribution in [0, 0.1) is 0 Å². The van der Waals surface area contributed by atoms with Crippen LogP contribution in [-0.2, 0) is 10.0 Å². The fourth-order valence-corrected chi connectivity index (χ4v) is 3.54. The van der Waals surface area contributed by atoms with Gasteiger partial charge in [0.05, 0.1) is 4.90 Å². The lowest BCUT2D eigenvalue weighted by Crippen LogP contribution is -2.28. The Labute approximate surface area is 127 Å². The predicted octanol–water partition coefficient (Wildman–Crippen LogP) is 1.28. The second kappa shape index (κ2) is 7.72. The molecule has 1 aliphatic rings. The predicted molar refractivity (Wildman–Crippen MR) is 83.9 cm³/mol. The van der Waals surface area contributed by atoms with Crippen molar-refractivity contribution in [2.24, 2.45) is 0 Å². The fourth-order valence-electron chi connectivity index (χ4n) is 2.45. The molecular weight excluding hydrogens is 288 g/mol. The van der Waals surface area contributed by atoms with Gasteiger partial charge in [0.2, 0.25) is 10.0 Å². The highest BCUT2D eigenvalue weighted by Gasteiger charge is 2.15. The number of sulfonamides is 1. The fraction of sp³-hybridized carbons (Fsp3) is 0.643. The maximum atomic E-state index is 12.2. The molecule has 0 aromatic carbocycles. The number of anilines is 1. The Balaban J connectivity index is 1.84. The molecule has 0 spiro atoms. The number of pyridine rings is 1. The summed E-state index contributed by atoms with van der Waals surface area (Å²) in [6, 6.07) is 3.08. The van der Waals surface area contributed by atoms with Crippen molar-refractivity contribution < 1.29 is 8.42 Å². The van der Waals surface area contributed by atoms with Gasteiger partial charge in [0.1, 0.15) is 5.82 Å². The Bertz CT molecular complexity index is 542. The lowest BCUT2D eigenvalue weighted by atomic mass is 10.4. The summed E-state index contributed by atoms with van der Waals surface area (Å²) < 4.78 is 27.1. The van der Waals surface area contributed by atoms with Gasteiger partial charge in [-0.1, -0.05) is 0 Å². The molecule has 0 radical (unpaired) electrons. The van der Waals surface area contributed by atoms with E-state index in [0.717, 1.165) is 26.1 Å². The van der Waals surface area contributed by atoms with Crippen LogP contribution in [0.2, 0.25) is 0 Å². The zero-order valence-corrected chi connectivity index (χ0v) is 13.3. The smallest absolute Gasteiger partial charge is 0.240 e. The van der Waals surface area contributed by atoms with E-state index < -0.39 is 10.0 Å². The first-order valence-corrected chi connectivity index (χ1v) is 9.02.